The van der Waals surface area contributed by atoms with Crippen LogP contribution in [0.3, 0.4) is 0 Å². The van der Waals surface area contributed by atoms with Crippen LogP contribution in [0.25, 0.3) is 0 Å². The van der Waals surface area contributed by atoms with E-state index in [0.29, 0.717) is 51.8 Å². The van der Waals surface area contributed by atoms with E-state index in [0.717, 1.165) is 50.4 Å². The maximum atomic E-state index is 6.22. The number of rotatable bonds is 20. The van der Waals surface area contributed by atoms with Crippen LogP contribution in [0.4, 0.5) is 0 Å². The Bertz CT molecular complexity index is 1070. The zero-order chi connectivity index (χ0) is 32.3. The molecule has 4 atom stereocenters. The molecule has 4 unspecified atom stereocenters. The van der Waals surface area contributed by atoms with Crippen LogP contribution in [-0.4, -0.2) is 89.5 Å². The SMILES string of the molecule is CC(C)(c1ccc(OCC(COC2CCCCC2)OCC2CO2)cc1)c1ccc(OCC(COC2CCCCC2)OCC2CO2)cc1. The zero-order valence-corrected chi connectivity index (χ0v) is 28.6. The lowest BCUT2D eigenvalue weighted by Crippen LogP contribution is -2.31. The molecule has 0 bridgehead atoms. The summed E-state index contributed by atoms with van der Waals surface area (Å²) in [5, 5.41) is 0. The first kappa shape index (κ1) is 34.7. The number of epoxide rings is 2. The van der Waals surface area contributed by atoms with E-state index in [1.165, 1.54) is 49.7 Å². The van der Waals surface area contributed by atoms with Crippen molar-refractivity contribution in [2.75, 3.05) is 52.9 Å². The summed E-state index contributed by atoms with van der Waals surface area (Å²) in [6.07, 6.45) is 13.2. The van der Waals surface area contributed by atoms with Gasteiger partial charge in [0, 0.05) is 5.41 Å². The van der Waals surface area contributed by atoms with Gasteiger partial charge in [0.25, 0.3) is 0 Å². The first-order chi connectivity index (χ1) is 23.0. The lowest BCUT2D eigenvalue weighted by molar-refractivity contribution is -0.0698. The molecule has 4 aliphatic rings. The predicted molar refractivity (Wildman–Crippen MR) is 181 cm³/mol. The van der Waals surface area contributed by atoms with Crippen LogP contribution < -0.4 is 9.47 Å². The van der Waals surface area contributed by atoms with Crippen molar-refractivity contribution in [3.8, 4) is 11.5 Å². The van der Waals surface area contributed by atoms with Crippen molar-refractivity contribution < 1.29 is 37.9 Å². The summed E-state index contributed by atoms with van der Waals surface area (Å²) in [5.74, 6) is 1.67. The van der Waals surface area contributed by atoms with Gasteiger partial charge in [-0.3, -0.25) is 0 Å². The minimum atomic E-state index is -0.190. The van der Waals surface area contributed by atoms with E-state index >= 15 is 0 Å². The van der Waals surface area contributed by atoms with E-state index in [1.54, 1.807) is 0 Å². The fourth-order valence-corrected chi connectivity index (χ4v) is 6.54. The third kappa shape index (κ3) is 11.4. The summed E-state index contributed by atoms with van der Waals surface area (Å²) >= 11 is 0. The van der Waals surface area contributed by atoms with Gasteiger partial charge in [0.1, 0.15) is 49.1 Å². The van der Waals surface area contributed by atoms with Gasteiger partial charge in [-0.05, 0) is 61.1 Å². The van der Waals surface area contributed by atoms with Crippen molar-refractivity contribution in [1.29, 1.82) is 0 Å². The fourth-order valence-electron chi connectivity index (χ4n) is 6.54. The molecule has 0 N–H and O–H groups in total. The molecule has 8 heteroatoms. The third-order valence-electron chi connectivity index (χ3n) is 10.0. The van der Waals surface area contributed by atoms with E-state index in [1.807, 2.05) is 0 Å². The molecule has 6 rings (SSSR count). The molecular weight excluding hydrogens is 596 g/mol. The average Bonchev–Trinajstić information content (AvgIpc) is 4.05. The van der Waals surface area contributed by atoms with Gasteiger partial charge >= 0.3 is 0 Å². The number of ether oxygens (including phenoxy) is 8. The second-order valence-electron chi connectivity index (χ2n) is 14.3. The van der Waals surface area contributed by atoms with Gasteiger partial charge in [0.2, 0.25) is 0 Å². The second-order valence-corrected chi connectivity index (χ2v) is 14.3. The molecular formula is C39H56O8. The summed E-state index contributed by atoms with van der Waals surface area (Å²) in [6, 6.07) is 16.8. The molecule has 2 aromatic rings. The van der Waals surface area contributed by atoms with Crippen LogP contribution in [-0.2, 0) is 33.8 Å². The van der Waals surface area contributed by atoms with Crippen LogP contribution in [0.5, 0.6) is 11.5 Å². The van der Waals surface area contributed by atoms with Crippen molar-refractivity contribution in [2.45, 2.75) is 120 Å². The molecule has 2 aliphatic heterocycles. The summed E-state index contributed by atoms with van der Waals surface area (Å²) < 4.78 is 47.7. The Morgan fingerprint density at radius 1 is 0.574 bits per heavy atom. The molecule has 0 aromatic heterocycles. The Labute approximate surface area is 281 Å². The van der Waals surface area contributed by atoms with Gasteiger partial charge < -0.3 is 37.9 Å². The van der Waals surface area contributed by atoms with E-state index < -0.39 is 0 Å². The maximum absolute atomic E-state index is 6.22. The van der Waals surface area contributed by atoms with Gasteiger partial charge in [-0.2, -0.15) is 0 Å². The molecule has 47 heavy (non-hydrogen) atoms. The quantitative estimate of drug-likeness (QED) is 0.141. The Kier molecular flexibility index (Phi) is 12.9. The van der Waals surface area contributed by atoms with Gasteiger partial charge in [0.05, 0.1) is 51.8 Å². The molecule has 0 amide bonds. The topological polar surface area (TPSA) is 80.4 Å². The highest BCUT2D eigenvalue weighted by Crippen LogP contribution is 2.33. The molecule has 0 spiro atoms. The molecule has 4 fully saturated rings. The van der Waals surface area contributed by atoms with Gasteiger partial charge in [-0.1, -0.05) is 76.6 Å². The van der Waals surface area contributed by atoms with Gasteiger partial charge in [-0.15, -0.1) is 0 Å². The molecule has 2 saturated carbocycles. The Hall–Kier alpha value is -2.20. The average molecular weight is 653 g/mol. The van der Waals surface area contributed by atoms with Crippen LogP contribution >= 0.6 is 0 Å². The first-order valence-electron chi connectivity index (χ1n) is 18.2. The number of benzene rings is 2. The summed E-state index contributed by atoms with van der Waals surface area (Å²) in [5.41, 5.74) is 2.24. The monoisotopic (exact) mass is 652 g/mol. The Balaban J connectivity index is 0.976. The van der Waals surface area contributed by atoms with Crippen molar-refractivity contribution in [3.63, 3.8) is 0 Å². The summed E-state index contributed by atoms with van der Waals surface area (Å²) in [4.78, 5) is 0. The van der Waals surface area contributed by atoms with E-state index in [4.69, 9.17) is 37.9 Å². The van der Waals surface area contributed by atoms with Crippen molar-refractivity contribution >= 4 is 0 Å². The second kappa shape index (κ2) is 17.5. The minimum absolute atomic E-state index is 0.114. The molecule has 2 saturated heterocycles. The van der Waals surface area contributed by atoms with Crippen LogP contribution in [0.15, 0.2) is 48.5 Å². The van der Waals surface area contributed by atoms with Crippen LogP contribution in [0.1, 0.15) is 89.2 Å². The molecule has 0 radical (unpaired) electrons. The normalized spacial score (nSPS) is 23.3. The summed E-state index contributed by atoms with van der Waals surface area (Å²) in [7, 11) is 0. The largest absolute Gasteiger partial charge is 0.491 e. The minimum Gasteiger partial charge on any atom is -0.491 e. The molecule has 2 aliphatic carbocycles. The van der Waals surface area contributed by atoms with Crippen LogP contribution in [0, 0.1) is 0 Å². The third-order valence-corrected chi connectivity index (χ3v) is 10.0. The van der Waals surface area contributed by atoms with Gasteiger partial charge in [0.15, 0.2) is 0 Å². The fraction of sp³-hybridized carbons (Fsp3) is 0.692. The highest BCUT2D eigenvalue weighted by atomic mass is 16.6. The Morgan fingerprint density at radius 3 is 1.32 bits per heavy atom. The van der Waals surface area contributed by atoms with Crippen molar-refractivity contribution in [2.24, 2.45) is 0 Å². The zero-order valence-electron chi connectivity index (χ0n) is 28.6. The highest BCUT2D eigenvalue weighted by molar-refractivity contribution is 5.41. The van der Waals surface area contributed by atoms with Crippen molar-refractivity contribution in [1.82, 2.24) is 0 Å². The molecule has 8 nitrogen and oxygen atoms in total. The summed E-state index contributed by atoms with van der Waals surface area (Å²) in [6.45, 7) is 9.27. The number of hydrogen-bond donors (Lipinski definition) is 0. The standard InChI is InChI=1S/C39H56O8/c1-39(2,29-13-17-33(18-14-29)42-23-35(44-25-37-27-46-37)21-40-31-9-5-3-6-10-31)30-15-19-34(20-16-30)43-24-36(45-26-38-28-47-38)22-41-32-11-7-4-8-12-32/h13-20,31-32,35-38H,3-12,21-28H2,1-2H3. The number of hydrogen-bond acceptors (Lipinski definition) is 8. The lowest BCUT2D eigenvalue weighted by atomic mass is 9.78. The lowest BCUT2D eigenvalue weighted by Gasteiger charge is -2.27. The van der Waals surface area contributed by atoms with E-state index in [2.05, 4.69) is 62.4 Å². The van der Waals surface area contributed by atoms with Crippen LogP contribution in [0.2, 0.25) is 0 Å². The first-order valence-corrected chi connectivity index (χ1v) is 18.2. The Morgan fingerprint density at radius 2 is 0.957 bits per heavy atom. The molecule has 260 valence electrons. The molecule has 2 heterocycles. The van der Waals surface area contributed by atoms with Gasteiger partial charge in [-0.25, -0.2) is 0 Å². The smallest absolute Gasteiger partial charge is 0.119 e. The van der Waals surface area contributed by atoms with E-state index in [9.17, 15) is 0 Å². The maximum Gasteiger partial charge on any atom is 0.119 e. The van der Waals surface area contributed by atoms with E-state index in [-0.39, 0.29) is 29.8 Å². The highest BCUT2D eigenvalue weighted by Gasteiger charge is 2.28. The molecule has 2 aromatic carbocycles. The van der Waals surface area contributed by atoms with Crippen molar-refractivity contribution in [3.05, 3.63) is 59.7 Å². The predicted octanol–water partition coefficient (Wildman–Crippen LogP) is 7.04.